The summed E-state index contributed by atoms with van der Waals surface area (Å²) < 4.78 is 5.77. The Morgan fingerprint density at radius 2 is 2.10 bits per heavy atom. The molecule has 0 amide bonds. The first kappa shape index (κ1) is 14.7. The van der Waals surface area contributed by atoms with Crippen LogP contribution in [-0.4, -0.2) is 36.7 Å². The number of hydrogen-bond donors (Lipinski definition) is 1. The number of nitrogens with zero attached hydrogens (tertiary/aromatic N) is 1. The predicted molar refractivity (Wildman–Crippen MR) is 86.5 cm³/mol. The van der Waals surface area contributed by atoms with Crippen LogP contribution < -0.4 is 5.32 Å². The molecule has 0 aromatic rings. The van der Waals surface area contributed by atoms with E-state index in [4.69, 9.17) is 9.73 Å². The van der Waals surface area contributed by atoms with Crippen LogP contribution in [0, 0.1) is 5.41 Å². The lowest BCUT2D eigenvalue weighted by atomic mass is 9.75. The van der Waals surface area contributed by atoms with Gasteiger partial charge in [0, 0.05) is 25.4 Å². The Hall–Kier alpha value is -0.220. The van der Waals surface area contributed by atoms with Crippen molar-refractivity contribution in [1.29, 1.82) is 0 Å². The molecule has 0 bridgehead atoms. The van der Waals surface area contributed by atoms with E-state index in [1.54, 1.807) is 0 Å². The number of thioether (sulfide) groups is 1. The second-order valence-corrected chi connectivity index (χ2v) is 7.64. The third-order valence-corrected chi connectivity index (χ3v) is 6.31. The van der Waals surface area contributed by atoms with Crippen LogP contribution in [-0.2, 0) is 4.74 Å². The summed E-state index contributed by atoms with van der Waals surface area (Å²) in [5.74, 6) is 1.28. The molecule has 4 heteroatoms. The summed E-state index contributed by atoms with van der Waals surface area (Å²) in [5, 5.41) is 4.70. The average Bonchev–Trinajstić information content (AvgIpc) is 2.52. The molecule has 0 aromatic heterocycles. The summed E-state index contributed by atoms with van der Waals surface area (Å²) >= 11 is 1.95. The average molecular weight is 296 g/mol. The highest BCUT2D eigenvalue weighted by atomic mass is 32.2. The SMILES string of the molecule is C1CCC2(CC1)CN=C(NCCC1CCCCO1)SC2. The lowest BCUT2D eigenvalue weighted by Crippen LogP contribution is -2.37. The van der Waals surface area contributed by atoms with Crippen LogP contribution in [0.2, 0.25) is 0 Å². The van der Waals surface area contributed by atoms with E-state index in [2.05, 4.69) is 5.32 Å². The fourth-order valence-corrected chi connectivity index (χ4v) is 4.82. The highest BCUT2D eigenvalue weighted by Gasteiger charge is 2.34. The fraction of sp³-hybridized carbons (Fsp3) is 0.938. The summed E-state index contributed by atoms with van der Waals surface area (Å²) in [6, 6.07) is 0. The van der Waals surface area contributed by atoms with E-state index >= 15 is 0 Å². The fourth-order valence-electron chi connectivity index (χ4n) is 3.64. The summed E-state index contributed by atoms with van der Waals surface area (Å²) in [4.78, 5) is 4.82. The zero-order chi connectivity index (χ0) is 13.7. The summed E-state index contributed by atoms with van der Waals surface area (Å²) in [6.07, 6.45) is 12.5. The molecule has 1 saturated carbocycles. The van der Waals surface area contributed by atoms with Crippen molar-refractivity contribution in [3.05, 3.63) is 0 Å². The van der Waals surface area contributed by atoms with Crippen LogP contribution >= 0.6 is 11.8 Å². The van der Waals surface area contributed by atoms with Crippen molar-refractivity contribution in [1.82, 2.24) is 5.32 Å². The van der Waals surface area contributed by atoms with Gasteiger partial charge in [-0.15, -0.1) is 0 Å². The lowest BCUT2D eigenvalue weighted by molar-refractivity contribution is 0.0122. The van der Waals surface area contributed by atoms with Crippen molar-refractivity contribution in [2.45, 2.75) is 63.9 Å². The lowest BCUT2D eigenvalue weighted by Gasteiger charge is -2.38. The van der Waals surface area contributed by atoms with Gasteiger partial charge in [0.25, 0.3) is 0 Å². The van der Waals surface area contributed by atoms with E-state index in [9.17, 15) is 0 Å². The highest BCUT2D eigenvalue weighted by Crippen LogP contribution is 2.41. The van der Waals surface area contributed by atoms with Gasteiger partial charge in [0.2, 0.25) is 0 Å². The molecule has 1 spiro atoms. The van der Waals surface area contributed by atoms with Gasteiger partial charge in [0.05, 0.1) is 6.10 Å². The Labute approximate surface area is 127 Å². The predicted octanol–water partition coefficient (Wildman–Crippen LogP) is 3.59. The molecule has 2 aliphatic heterocycles. The van der Waals surface area contributed by atoms with Gasteiger partial charge in [-0.25, -0.2) is 0 Å². The first-order valence-corrected chi connectivity index (χ1v) is 9.38. The molecule has 3 nitrogen and oxygen atoms in total. The topological polar surface area (TPSA) is 33.6 Å². The van der Waals surface area contributed by atoms with Crippen LogP contribution in [0.5, 0.6) is 0 Å². The number of nitrogens with one attached hydrogen (secondary N) is 1. The van der Waals surface area contributed by atoms with Crippen molar-refractivity contribution in [3.8, 4) is 0 Å². The van der Waals surface area contributed by atoms with Crippen LogP contribution in [0.1, 0.15) is 57.8 Å². The van der Waals surface area contributed by atoms with Gasteiger partial charge in [0.15, 0.2) is 5.17 Å². The molecule has 114 valence electrons. The van der Waals surface area contributed by atoms with Crippen molar-refractivity contribution in [2.75, 3.05) is 25.4 Å². The van der Waals surface area contributed by atoms with E-state index in [0.717, 1.165) is 26.1 Å². The maximum absolute atomic E-state index is 5.77. The third-order valence-electron chi connectivity index (χ3n) is 5.00. The maximum Gasteiger partial charge on any atom is 0.156 e. The molecular formula is C16H28N2OS. The van der Waals surface area contributed by atoms with E-state index in [0.29, 0.717) is 11.5 Å². The number of rotatable bonds is 3. The minimum absolute atomic E-state index is 0.482. The molecule has 0 aromatic carbocycles. The Bertz CT molecular complexity index is 333. The normalized spacial score (nSPS) is 30.0. The molecule has 1 aliphatic carbocycles. The van der Waals surface area contributed by atoms with Gasteiger partial charge in [-0.3, -0.25) is 4.99 Å². The van der Waals surface area contributed by atoms with Crippen molar-refractivity contribution in [3.63, 3.8) is 0 Å². The van der Waals surface area contributed by atoms with E-state index in [1.807, 2.05) is 11.8 Å². The number of amidine groups is 1. The van der Waals surface area contributed by atoms with Crippen molar-refractivity contribution in [2.24, 2.45) is 10.4 Å². The summed E-state index contributed by atoms with van der Waals surface area (Å²) in [6.45, 7) is 3.04. The van der Waals surface area contributed by atoms with Crippen LogP contribution in [0.15, 0.2) is 4.99 Å². The van der Waals surface area contributed by atoms with E-state index in [-0.39, 0.29) is 0 Å². The molecule has 20 heavy (non-hydrogen) atoms. The highest BCUT2D eigenvalue weighted by molar-refractivity contribution is 8.13. The number of aliphatic imine (C=N–C) groups is 1. The Kier molecular flexibility index (Phi) is 5.27. The van der Waals surface area contributed by atoms with Crippen LogP contribution in [0.4, 0.5) is 0 Å². The molecule has 0 radical (unpaired) electrons. The summed E-state index contributed by atoms with van der Waals surface area (Å²) in [7, 11) is 0. The molecular weight excluding hydrogens is 268 g/mol. The summed E-state index contributed by atoms with van der Waals surface area (Å²) in [5.41, 5.74) is 0.542. The Morgan fingerprint density at radius 3 is 2.80 bits per heavy atom. The number of hydrogen-bond acceptors (Lipinski definition) is 4. The Balaban J connectivity index is 1.38. The number of ether oxygens (including phenoxy) is 1. The van der Waals surface area contributed by atoms with Crippen LogP contribution in [0.3, 0.4) is 0 Å². The van der Waals surface area contributed by atoms with Gasteiger partial charge in [-0.05, 0) is 43.9 Å². The molecule has 1 unspecified atom stereocenters. The zero-order valence-corrected chi connectivity index (χ0v) is 13.3. The zero-order valence-electron chi connectivity index (χ0n) is 12.5. The van der Waals surface area contributed by atoms with Gasteiger partial charge in [-0.1, -0.05) is 31.0 Å². The van der Waals surface area contributed by atoms with E-state index in [1.165, 1.54) is 62.3 Å². The largest absolute Gasteiger partial charge is 0.378 e. The molecule has 3 aliphatic rings. The molecule has 1 N–H and O–H groups in total. The maximum atomic E-state index is 5.77. The molecule has 1 saturated heterocycles. The van der Waals surface area contributed by atoms with Crippen molar-refractivity contribution < 1.29 is 4.74 Å². The first-order chi connectivity index (χ1) is 9.86. The first-order valence-electron chi connectivity index (χ1n) is 8.39. The van der Waals surface area contributed by atoms with Crippen molar-refractivity contribution >= 4 is 16.9 Å². The standard InChI is InChI=1S/C16H28N2OS/c1-3-8-16(9-4-1)12-18-15(20-13-16)17-10-7-14-6-2-5-11-19-14/h14H,1-13H2,(H,17,18). The molecule has 2 fully saturated rings. The third kappa shape index (κ3) is 3.91. The molecule has 3 rings (SSSR count). The Morgan fingerprint density at radius 1 is 1.20 bits per heavy atom. The quantitative estimate of drug-likeness (QED) is 0.864. The molecule has 1 atom stereocenters. The van der Waals surface area contributed by atoms with Gasteiger partial charge in [-0.2, -0.15) is 0 Å². The monoisotopic (exact) mass is 296 g/mol. The van der Waals surface area contributed by atoms with Gasteiger partial charge < -0.3 is 10.1 Å². The van der Waals surface area contributed by atoms with Crippen LogP contribution in [0.25, 0.3) is 0 Å². The van der Waals surface area contributed by atoms with Gasteiger partial charge >= 0.3 is 0 Å². The van der Waals surface area contributed by atoms with E-state index < -0.39 is 0 Å². The minimum atomic E-state index is 0.482. The smallest absolute Gasteiger partial charge is 0.156 e. The molecule has 2 heterocycles. The minimum Gasteiger partial charge on any atom is -0.378 e. The van der Waals surface area contributed by atoms with Gasteiger partial charge in [0.1, 0.15) is 0 Å². The second kappa shape index (κ2) is 7.17. The second-order valence-electron chi connectivity index (χ2n) is 6.67.